The zero-order valence-corrected chi connectivity index (χ0v) is 13.7. The number of benzene rings is 1. The quantitative estimate of drug-likeness (QED) is 0.878. The molecule has 1 atom stereocenters. The SMILES string of the molecule is CCOc1ccccc1NC(=O)C(C)N1CCS(=O)(=O)CC1. The number of anilines is 1. The van der Waals surface area contributed by atoms with Gasteiger partial charge in [0.15, 0.2) is 9.84 Å². The van der Waals surface area contributed by atoms with Gasteiger partial charge in [-0.05, 0) is 26.0 Å². The van der Waals surface area contributed by atoms with E-state index in [0.717, 1.165) is 0 Å². The average Bonchev–Trinajstić information content (AvgIpc) is 2.49. The third kappa shape index (κ3) is 4.20. The molecule has 1 aromatic rings. The highest BCUT2D eigenvalue weighted by Gasteiger charge is 2.28. The Morgan fingerprint density at radius 3 is 2.59 bits per heavy atom. The summed E-state index contributed by atoms with van der Waals surface area (Å²) in [7, 11) is -2.94. The fraction of sp³-hybridized carbons (Fsp3) is 0.533. The molecule has 1 unspecified atom stereocenters. The third-order valence-corrected chi connectivity index (χ3v) is 5.36. The second kappa shape index (κ2) is 7.11. The summed E-state index contributed by atoms with van der Waals surface area (Å²) < 4.78 is 28.4. The van der Waals surface area contributed by atoms with Crippen LogP contribution in [0.25, 0.3) is 0 Å². The summed E-state index contributed by atoms with van der Waals surface area (Å²) in [4.78, 5) is 14.3. The number of amides is 1. The standard InChI is InChI=1S/C15H22N2O4S/c1-3-21-14-7-5-4-6-13(14)16-15(18)12(2)17-8-10-22(19,20)11-9-17/h4-7,12H,3,8-11H2,1-2H3,(H,16,18). The fourth-order valence-electron chi connectivity index (χ4n) is 2.37. The molecule has 1 heterocycles. The number of nitrogens with zero attached hydrogens (tertiary/aromatic N) is 1. The number of para-hydroxylation sites is 2. The largest absolute Gasteiger partial charge is 0.492 e. The zero-order valence-electron chi connectivity index (χ0n) is 12.9. The van der Waals surface area contributed by atoms with E-state index in [1.165, 1.54) is 0 Å². The van der Waals surface area contributed by atoms with Crippen LogP contribution in [0.3, 0.4) is 0 Å². The van der Waals surface area contributed by atoms with E-state index in [-0.39, 0.29) is 23.5 Å². The molecule has 0 aliphatic carbocycles. The normalized spacial score (nSPS) is 19.4. The van der Waals surface area contributed by atoms with E-state index < -0.39 is 9.84 Å². The van der Waals surface area contributed by atoms with Crippen LogP contribution in [-0.4, -0.2) is 56.5 Å². The fourth-order valence-corrected chi connectivity index (χ4v) is 3.60. The van der Waals surface area contributed by atoms with E-state index in [1.807, 2.05) is 24.0 Å². The van der Waals surface area contributed by atoms with Gasteiger partial charge in [0.05, 0.1) is 29.8 Å². The Hall–Kier alpha value is -1.60. The van der Waals surface area contributed by atoms with Crippen molar-refractivity contribution in [3.63, 3.8) is 0 Å². The summed E-state index contributed by atoms with van der Waals surface area (Å²) in [6.07, 6.45) is 0. The van der Waals surface area contributed by atoms with Crippen LogP contribution in [0.1, 0.15) is 13.8 Å². The van der Waals surface area contributed by atoms with Gasteiger partial charge in [-0.2, -0.15) is 0 Å². The molecule has 1 aliphatic heterocycles. The Kier molecular flexibility index (Phi) is 5.42. The summed E-state index contributed by atoms with van der Waals surface area (Å²) in [5.74, 6) is 0.693. The molecule has 2 rings (SSSR count). The van der Waals surface area contributed by atoms with Crippen molar-refractivity contribution >= 4 is 21.4 Å². The smallest absolute Gasteiger partial charge is 0.241 e. The highest BCUT2D eigenvalue weighted by atomic mass is 32.2. The molecule has 6 nitrogen and oxygen atoms in total. The maximum absolute atomic E-state index is 12.4. The number of carbonyl (C=O) groups excluding carboxylic acids is 1. The highest BCUT2D eigenvalue weighted by Crippen LogP contribution is 2.24. The zero-order chi connectivity index (χ0) is 16.2. The van der Waals surface area contributed by atoms with Crippen molar-refractivity contribution < 1.29 is 17.9 Å². The molecule has 1 fully saturated rings. The minimum atomic E-state index is -2.94. The Morgan fingerprint density at radius 2 is 1.95 bits per heavy atom. The van der Waals surface area contributed by atoms with Crippen LogP contribution >= 0.6 is 0 Å². The molecule has 0 radical (unpaired) electrons. The molecular weight excluding hydrogens is 304 g/mol. The molecule has 1 aliphatic rings. The van der Waals surface area contributed by atoms with Crippen LogP contribution in [0.4, 0.5) is 5.69 Å². The van der Waals surface area contributed by atoms with E-state index in [1.54, 1.807) is 19.1 Å². The molecule has 22 heavy (non-hydrogen) atoms. The molecule has 0 aromatic heterocycles. The van der Waals surface area contributed by atoms with Crippen LogP contribution < -0.4 is 10.1 Å². The van der Waals surface area contributed by atoms with E-state index in [2.05, 4.69) is 5.32 Å². The lowest BCUT2D eigenvalue weighted by Crippen LogP contribution is -2.49. The lowest BCUT2D eigenvalue weighted by Gasteiger charge is -2.31. The van der Waals surface area contributed by atoms with Gasteiger partial charge in [0.2, 0.25) is 5.91 Å². The first-order valence-electron chi connectivity index (χ1n) is 7.40. The number of carbonyl (C=O) groups is 1. The van der Waals surface area contributed by atoms with Gasteiger partial charge in [-0.3, -0.25) is 9.69 Å². The molecule has 1 aromatic carbocycles. The van der Waals surface area contributed by atoms with Crippen LogP contribution in [0.2, 0.25) is 0 Å². The van der Waals surface area contributed by atoms with Gasteiger partial charge < -0.3 is 10.1 Å². The highest BCUT2D eigenvalue weighted by molar-refractivity contribution is 7.91. The molecule has 7 heteroatoms. The summed E-state index contributed by atoms with van der Waals surface area (Å²) in [6, 6.07) is 6.88. The number of sulfone groups is 1. The topological polar surface area (TPSA) is 75.7 Å². The van der Waals surface area contributed by atoms with Gasteiger partial charge in [0, 0.05) is 13.1 Å². The van der Waals surface area contributed by atoms with Crippen molar-refractivity contribution in [3.8, 4) is 5.75 Å². The maximum atomic E-state index is 12.4. The molecule has 1 amide bonds. The van der Waals surface area contributed by atoms with E-state index in [9.17, 15) is 13.2 Å². The van der Waals surface area contributed by atoms with Crippen LogP contribution in [0.15, 0.2) is 24.3 Å². The predicted octanol–water partition coefficient (Wildman–Crippen LogP) is 1.14. The molecule has 122 valence electrons. The van der Waals surface area contributed by atoms with Crippen molar-refractivity contribution in [1.29, 1.82) is 0 Å². The lowest BCUT2D eigenvalue weighted by molar-refractivity contribution is -0.120. The van der Waals surface area contributed by atoms with Gasteiger partial charge in [-0.15, -0.1) is 0 Å². The molecule has 0 bridgehead atoms. The Balaban J connectivity index is 2.00. The van der Waals surface area contributed by atoms with E-state index in [0.29, 0.717) is 31.1 Å². The molecule has 1 N–H and O–H groups in total. The van der Waals surface area contributed by atoms with Gasteiger partial charge in [-0.25, -0.2) is 8.42 Å². The van der Waals surface area contributed by atoms with Gasteiger partial charge >= 0.3 is 0 Å². The number of hydrogen-bond donors (Lipinski definition) is 1. The van der Waals surface area contributed by atoms with Gasteiger partial charge in [0.25, 0.3) is 0 Å². The van der Waals surface area contributed by atoms with Crippen molar-refractivity contribution in [1.82, 2.24) is 4.90 Å². The second-order valence-electron chi connectivity index (χ2n) is 5.28. The maximum Gasteiger partial charge on any atom is 0.241 e. The predicted molar refractivity (Wildman–Crippen MR) is 85.9 cm³/mol. The summed E-state index contributed by atoms with van der Waals surface area (Å²) >= 11 is 0. The van der Waals surface area contributed by atoms with Crippen molar-refractivity contribution in [2.24, 2.45) is 0 Å². The van der Waals surface area contributed by atoms with E-state index in [4.69, 9.17) is 4.74 Å². The van der Waals surface area contributed by atoms with Gasteiger partial charge in [0.1, 0.15) is 5.75 Å². The van der Waals surface area contributed by atoms with Gasteiger partial charge in [-0.1, -0.05) is 12.1 Å². The summed E-state index contributed by atoms with van der Waals surface area (Å²) in [6.45, 7) is 4.98. The van der Waals surface area contributed by atoms with Crippen LogP contribution in [-0.2, 0) is 14.6 Å². The number of nitrogens with one attached hydrogen (secondary N) is 1. The number of rotatable bonds is 5. The monoisotopic (exact) mass is 326 g/mol. The molecule has 0 saturated carbocycles. The van der Waals surface area contributed by atoms with Crippen LogP contribution in [0.5, 0.6) is 5.75 Å². The first-order valence-corrected chi connectivity index (χ1v) is 9.22. The van der Waals surface area contributed by atoms with Crippen LogP contribution in [0, 0.1) is 0 Å². The number of hydrogen-bond acceptors (Lipinski definition) is 5. The van der Waals surface area contributed by atoms with Crippen molar-refractivity contribution in [3.05, 3.63) is 24.3 Å². The minimum absolute atomic E-state index is 0.111. The Labute approximate surface area is 131 Å². The average molecular weight is 326 g/mol. The van der Waals surface area contributed by atoms with E-state index >= 15 is 0 Å². The second-order valence-corrected chi connectivity index (χ2v) is 7.59. The number of ether oxygens (including phenoxy) is 1. The summed E-state index contributed by atoms with van der Waals surface area (Å²) in [5, 5.41) is 2.86. The third-order valence-electron chi connectivity index (χ3n) is 3.75. The van der Waals surface area contributed by atoms with Crippen molar-refractivity contribution in [2.75, 3.05) is 36.5 Å². The first kappa shape index (κ1) is 16.8. The minimum Gasteiger partial charge on any atom is -0.492 e. The first-order chi connectivity index (χ1) is 10.4. The molecular formula is C15H22N2O4S. The molecule has 1 saturated heterocycles. The molecule has 0 spiro atoms. The lowest BCUT2D eigenvalue weighted by atomic mass is 10.2. The Morgan fingerprint density at radius 1 is 1.32 bits per heavy atom. The Bertz CT molecular complexity index is 616. The van der Waals surface area contributed by atoms with Crippen molar-refractivity contribution in [2.45, 2.75) is 19.9 Å². The summed E-state index contributed by atoms with van der Waals surface area (Å²) in [5.41, 5.74) is 0.630.